The number of rotatable bonds is 3. The third kappa shape index (κ3) is 3.07. The highest BCUT2D eigenvalue weighted by molar-refractivity contribution is 5.81. The lowest BCUT2D eigenvalue weighted by atomic mass is 10.00. The summed E-state index contributed by atoms with van der Waals surface area (Å²) in [5, 5.41) is 0. The van der Waals surface area contributed by atoms with E-state index in [1.54, 1.807) is 0 Å². The fraction of sp³-hybridized carbons (Fsp3) is 0.176. The van der Waals surface area contributed by atoms with E-state index in [-0.39, 0.29) is 0 Å². The minimum absolute atomic E-state index is 1.05. The molecule has 0 saturated carbocycles. The molecule has 0 unspecified atom stereocenters. The molecule has 0 aliphatic rings. The van der Waals surface area contributed by atoms with Gasteiger partial charge in [-0.05, 0) is 30.0 Å². The highest BCUT2D eigenvalue weighted by atomic mass is 14.0. The molecule has 0 heterocycles. The normalized spacial score (nSPS) is 11.5. The molecule has 0 fully saturated rings. The van der Waals surface area contributed by atoms with Crippen molar-refractivity contribution >= 4 is 11.6 Å². The summed E-state index contributed by atoms with van der Waals surface area (Å²) in [6.45, 7) is 4.32. The molecule has 0 amide bonds. The summed E-state index contributed by atoms with van der Waals surface area (Å²) < 4.78 is 0. The molecule has 2 aromatic carbocycles. The second kappa shape index (κ2) is 5.49. The average Bonchev–Trinajstić information content (AvgIpc) is 2.38. The molecular formula is C17H18. The van der Waals surface area contributed by atoms with Crippen LogP contribution in [0, 0.1) is 6.92 Å². The van der Waals surface area contributed by atoms with Crippen molar-refractivity contribution in [3.63, 3.8) is 0 Å². The first-order valence-corrected chi connectivity index (χ1v) is 6.12. The van der Waals surface area contributed by atoms with E-state index in [2.05, 4.69) is 74.5 Å². The highest BCUT2D eigenvalue weighted by Gasteiger charge is 1.99. The van der Waals surface area contributed by atoms with Gasteiger partial charge in [-0.3, -0.25) is 0 Å². The predicted molar refractivity (Wildman–Crippen MR) is 75.8 cm³/mol. The summed E-state index contributed by atoms with van der Waals surface area (Å²) in [7, 11) is 0. The Hall–Kier alpha value is -1.82. The molecule has 2 aromatic rings. The fourth-order valence-corrected chi connectivity index (χ4v) is 1.91. The van der Waals surface area contributed by atoms with Crippen LogP contribution in [0.5, 0.6) is 0 Å². The molecule has 0 heteroatoms. The Labute approximate surface area is 104 Å². The molecule has 0 spiro atoms. The van der Waals surface area contributed by atoms with E-state index < -0.39 is 0 Å². The Kier molecular flexibility index (Phi) is 3.77. The average molecular weight is 222 g/mol. The number of aryl methyl sites for hydroxylation is 1. The van der Waals surface area contributed by atoms with E-state index in [4.69, 9.17) is 0 Å². The van der Waals surface area contributed by atoms with Crippen molar-refractivity contribution in [3.8, 4) is 0 Å². The smallest absolute Gasteiger partial charge is 0.0224 e. The first-order chi connectivity index (χ1) is 8.29. The van der Waals surface area contributed by atoms with E-state index in [0.717, 1.165) is 6.42 Å². The van der Waals surface area contributed by atoms with Gasteiger partial charge in [0.1, 0.15) is 0 Å². The SMILES string of the molecule is CC/C(=C\c1ccccc1)c1ccc(C)cc1. The first-order valence-electron chi connectivity index (χ1n) is 6.12. The fourth-order valence-electron chi connectivity index (χ4n) is 1.91. The van der Waals surface area contributed by atoms with Crippen molar-refractivity contribution in [2.45, 2.75) is 20.3 Å². The highest BCUT2D eigenvalue weighted by Crippen LogP contribution is 2.21. The van der Waals surface area contributed by atoms with E-state index in [9.17, 15) is 0 Å². The van der Waals surface area contributed by atoms with Crippen molar-refractivity contribution in [2.75, 3.05) is 0 Å². The monoisotopic (exact) mass is 222 g/mol. The first kappa shape index (κ1) is 11.7. The van der Waals surface area contributed by atoms with Gasteiger partial charge >= 0.3 is 0 Å². The third-order valence-electron chi connectivity index (χ3n) is 2.94. The number of allylic oxidation sites excluding steroid dienone is 1. The van der Waals surface area contributed by atoms with Crippen LogP contribution in [0.3, 0.4) is 0 Å². The lowest BCUT2D eigenvalue weighted by molar-refractivity contribution is 1.24. The topological polar surface area (TPSA) is 0 Å². The van der Waals surface area contributed by atoms with Gasteiger partial charge in [-0.1, -0.05) is 73.2 Å². The quantitative estimate of drug-likeness (QED) is 0.645. The number of benzene rings is 2. The van der Waals surface area contributed by atoms with Crippen molar-refractivity contribution in [2.24, 2.45) is 0 Å². The second-order valence-electron chi connectivity index (χ2n) is 4.30. The van der Waals surface area contributed by atoms with Crippen molar-refractivity contribution in [1.29, 1.82) is 0 Å². The summed E-state index contributed by atoms with van der Waals surface area (Å²) in [5.41, 5.74) is 5.28. The Bertz CT molecular complexity index is 489. The predicted octanol–water partition coefficient (Wildman–Crippen LogP) is 4.95. The Morgan fingerprint density at radius 3 is 2.18 bits per heavy atom. The van der Waals surface area contributed by atoms with Crippen LogP contribution in [-0.4, -0.2) is 0 Å². The Balaban J connectivity index is 2.34. The number of hydrogen-bond donors (Lipinski definition) is 0. The van der Waals surface area contributed by atoms with Crippen LogP contribution in [0.15, 0.2) is 54.6 Å². The second-order valence-corrected chi connectivity index (χ2v) is 4.30. The largest absolute Gasteiger partial charge is 0.0622 e. The van der Waals surface area contributed by atoms with Gasteiger partial charge in [0.05, 0.1) is 0 Å². The van der Waals surface area contributed by atoms with Crippen LogP contribution in [0.25, 0.3) is 11.6 Å². The lowest BCUT2D eigenvalue weighted by Crippen LogP contribution is -1.84. The summed E-state index contributed by atoms with van der Waals surface area (Å²) in [6, 6.07) is 19.2. The molecule has 0 radical (unpaired) electrons. The molecule has 0 nitrogen and oxygen atoms in total. The van der Waals surface area contributed by atoms with Crippen LogP contribution >= 0.6 is 0 Å². The van der Waals surface area contributed by atoms with Crippen LogP contribution in [0.1, 0.15) is 30.0 Å². The molecule has 17 heavy (non-hydrogen) atoms. The maximum Gasteiger partial charge on any atom is -0.0224 e. The minimum atomic E-state index is 1.05. The van der Waals surface area contributed by atoms with Gasteiger partial charge < -0.3 is 0 Å². The molecule has 0 aliphatic heterocycles. The Morgan fingerprint density at radius 1 is 0.941 bits per heavy atom. The molecule has 0 saturated heterocycles. The molecule has 0 aliphatic carbocycles. The molecule has 0 atom stereocenters. The summed E-state index contributed by atoms with van der Waals surface area (Å²) >= 11 is 0. The van der Waals surface area contributed by atoms with Crippen LogP contribution in [-0.2, 0) is 0 Å². The minimum Gasteiger partial charge on any atom is -0.0622 e. The summed E-state index contributed by atoms with van der Waals surface area (Å²) in [6.07, 6.45) is 3.32. The van der Waals surface area contributed by atoms with Crippen LogP contribution in [0.4, 0.5) is 0 Å². The third-order valence-corrected chi connectivity index (χ3v) is 2.94. The van der Waals surface area contributed by atoms with Crippen molar-refractivity contribution in [3.05, 3.63) is 71.3 Å². The van der Waals surface area contributed by atoms with E-state index in [1.165, 1.54) is 22.3 Å². The molecule has 0 bridgehead atoms. The van der Waals surface area contributed by atoms with Crippen molar-refractivity contribution < 1.29 is 0 Å². The van der Waals surface area contributed by atoms with Gasteiger partial charge in [0.15, 0.2) is 0 Å². The van der Waals surface area contributed by atoms with Crippen molar-refractivity contribution in [1.82, 2.24) is 0 Å². The van der Waals surface area contributed by atoms with Gasteiger partial charge in [-0.25, -0.2) is 0 Å². The van der Waals surface area contributed by atoms with Crippen LogP contribution in [0.2, 0.25) is 0 Å². The maximum atomic E-state index is 2.27. The van der Waals surface area contributed by atoms with E-state index >= 15 is 0 Å². The molecule has 86 valence electrons. The molecule has 2 rings (SSSR count). The number of hydrogen-bond acceptors (Lipinski definition) is 0. The van der Waals surface area contributed by atoms with Gasteiger partial charge in [0.25, 0.3) is 0 Å². The van der Waals surface area contributed by atoms with E-state index in [1.807, 2.05) is 0 Å². The zero-order valence-corrected chi connectivity index (χ0v) is 10.5. The summed E-state index contributed by atoms with van der Waals surface area (Å²) in [5.74, 6) is 0. The zero-order chi connectivity index (χ0) is 12.1. The van der Waals surface area contributed by atoms with E-state index in [0.29, 0.717) is 0 Å². The van der Waals surface area contributed by atoms with Gasteiger partial charge in [0.2, 0.25) is 0 Å². The van der Waals surface area contributed by atoms with Gasteiger partial charge in [0, 0.05) is 0 Å². The molecule has 0 N–H and O–H groups in total. The molecular weight excluding hydrogens is 204 g/mol. The van der Waals surface area contributed by atoms with Gasteiger partial charge in [-0.15, -0.1) is 0 Å². The molecule has 0 aromatic heterocycles. The Morgan fingerprint density at radius 2 is 1.59 bits per heavy atom. The standard InChI is InChI=1S/C17H18/c1-3-16(13-15-7-5-4-6-8-15)17-11-9-14(2)10-12-17/h4-13H,3H2,1-2H3/b16-13+. The maximum absolute atomic E-state index is 2.27. The zero-order valence-electron chi connectivity index (χ0n) is 10.5. The lowest BCUT2D eigenvalue weighted by Gasteiger charge is -2.06. The summed E-state index contributed by atoms with van der Waals surface area (Å²) in [4.78, 5) is 0. The van der Waals surface area contributed by atoms with Gasteiger partial charge in [-0.2, -0.15) is 0 Å². The van der Waals surface area contributed by atoms with Crippen LogP contribution < -0.4 is 0 Å².